The second-order valence-electron chi connectivity index (χ2n) is 7.51. The van der Waals surface area contributed by atoms with E-state index < -0.39 is 17.9 Å². The number of aliphatic carboxylic acids is 1. The Balaban J connectivity index is 1.71. The van der Waals surface area contributed by atoms with E-state index in [1.54, 1.807) is 11.8 Å². The summed E-state index contributed by atoms with van der Waals surface area (Å²) in [6, 6.07) is 14.9. The summed E-state index contributed by atoms with van der Waals surface area (Å²) < 4.78 is 0. The number of nitrogens with zero attached hydrogens (tertiary/aromatic N) is 1. The number of carbonyl (C=O) groups is 2. The van der Waals surface area contributed by atoms with Crippen LogP contribution in [0.3, 0.4) is 0 Å². The maximum Gasteiger partial charge on any atom is 0.326 e. The molecule has 1 aliphatic rings. The molecule has 2 aromatic carbocycles. The fraction of sp³-hybridized carbons (Fsp3) is 0.375. The Labute approximate surface area is 197 Å². The van der Waals surface area contributed by atoms with Crippen LogP contribution in [0.25, 0.3) is 11.1 Å². The Hall–Kier alpha value is -2.45. The number of oxime groups is 1. The fourth-order valence-electron chi connectivity index (χ4n) is 3.74. The molecule has 0 aliphatic carbocycles. The Morgan fingerprint density at radius 2 is 1.88 bits per heavy atom. The summed E-state index contributed by atoms with van der Waals surface area (Å²) in [6.07, 6.45) is 3.89. The molecule has 2 N–H and O–H groups in total. The van der Waals surface area contributed by atoms with Crippen LogP contribution in [0, 0.1) is 5.92 Å². The highest BCUT2D eigenvalue weighted by Gasteiger charge is 2.29. The van der Waals surface area contributed by atoms with E-state index >= 15 is 0 Å². The predicted octanol–water partition coefficient (Wildman–Crippen LogP) is 4.33. The molecular weight excluding hydrogens is 444 g/mol. The van der Waals surface area contributed by atoms with E-state index in [-0.39, 0.29) is 18.1 Å². The standard InChI is InChI=1S/C24H28N2O4S2/c1-30-26-22(18-11-13-32-14-12-18)23(27)25-20(24(28)29)15-16-7-9-17(10-8-16)19-5-3-4-6-21(19)31-2/h3-10,18,20H,11-15H2,1-2H3,(H,25,27)(H,28,29)/t20-/m0/s1. The molecule has 0 saturated carbocycles. The number of hydrogen-bond acceptors (Lipinski definition) is 6. The molecule has 1 heterocycles. The minimum atomic E-state index is -1.08. The molecule has 170 valence electrons. The number of amides is 1. The van der Waals surface area contributed by atoms with E-state index in [0.717, 1.165) is 41.0 Å². The van der Waals surface area contributed by atoms with Gasteiger partial charge in [0, 0.05) is 17.2 Å². The van der Waals surface area contributed by atoms with Crippen LogP contribution in [0.2, 0.25) is 0 Å². The molecule has 1 aliphatic heterocycles. The number of carboxylic acid groups (broad SMARTS) is 1. The molecule has 0 bridgehead atoms. The van der Waals surface area contributed by atoms with Crippen LogP contribution in [-0.2, 0) is 20.8 Å². The topological polar surface area (TPSA) is 88.0 Å². The summed E-state index contributed by atoms with van der Waals surface area (Å²) in [5, 5.41) is 16.3. The molecule has 0 aromatic heterocycles. The van der Waals surface area contributed by atoms with Crippen molar-refractivity contribution >= 4 is 41.1 Å². The highest BCUT2D eigenvalue weighted by molar-refractivity contribution is 7.99. The summed E-state index contributed by atoms with van der Waals surface area (Å²) in [7, 11) is 1.40. The van der Waals surface area contributed by atoms with Gasteiger partial charge in [-0.1, -0.05) is 47.6 Å². The fourth-order valence-corrected chi connectivity index (χ4v) is 5.47. The summed E-state index contributed by atoms with van der Waals surface area (Å²) in [6.45, 7) is 0. The Bertz CT molecular complexity index is 957. The number of carbonyl (C=O) groups excluding carboxylic acids is 1. The number of nitrogens with one attached hydrogen (secondary N) is 1. The first-order valence-electron chi connectivity index (χ1n) is 10.5. The van der Waals surface area contributed by atoms with Crippen LogP contribution in [0.4, 0.5) is 0 Å². The smallest absolute Gasteiger partial charge is 0.326 e. The Kier molecular flexibility index (Phi) is 9.05. The number of thioether (sulfide) groups is 2. The number of hydrogen-bond donors (Lipinski definition) is 2. The SMILES string of the molecule is CON=C(C(=O)N[C@@H](Cc1ccc(-c2ccccc2SC)cc1)C(=O)O)C1CCSCC1. The van der Waals surface area contributed by atoms with Crippen LogP contribution in [0.1, 0.15) is 18.4 Å². The van der Waals surface area contributed by atoms with Crippen molar-refractivity contribution in [2.24, 2.45) is 11.1 Å². The minimum absolute atomic E-state index is 0.0126. The van der Waals surface area contributed by atoms with Crippen molar-refractivity contribution in [3.8, 4) is 11.1 Å². The van der Waals surface area contributed by atoms with Crippen LogP contribution in [0.15, 0.2) is 58.6 Å². The summed E-state index contributed by atoms with van der Waals surface area (Å²) in [4.78, 5) is 30.8. The van der Waals surface area contributed by atoms with Crippen LogP contribution >= 0.6 is 23.5 Å². The molecule has 1 amide bonds. The van der Waals surface area contributed by atoms with Gasteiger partial charge >= 0.3 is 5.97 Å². The van der Waals surface area contributed by atoms with Gasteiger partial charge in [-0.2, -0.15) is 11.8 Å². The summed E-state index contributed by atoms with van der Waals surface area (Å²) in [5.41, 5.74) is 3.32. The zero-order valence-corrected chi connectivity index (χ0v) is 19.9. The molecule has 8 heteroatoms. The van der Waals surface area contributed by atoms with Crippen molar-refractivity contribution in [3.05, 3.63) is 54.1 Å². The second kappa shape index (κ2) is 12.0. The Morgan fingerprint density at radius 1 is 1.19 bits per heavy atom. The van der Waals surface area contributed by atoms with Gasteiger partial charge in [-0.15, -0.1) is 11.8 Å². The molecule has 1 saturated heterocycles. The van der Waals surface area contributed by atoms with Crippen molar-refractivity contribution in [2.75, 3.05) is 24.9 Å². The van der Waals surface area contributed by atoms with E-state index in [9.17, 15) is 14.7 Å². The molecule has 3 rings (SSSR count). The maximum absolute atomic E-state index is 12.9. The van der Waals surface area contributed by atoms with Crippen molar-refractivity contribution in [2.45, 2.75) is 30.2 Å². The lowest BCUT2D eigenvalue weighted by Crippen LogP contribution is -2.47. The quantitative estimate of drug-likeness (QED) is 0.321. The van der Waals surface area contributed by atoms with Crippen molar-refractivity contribution in [1.29, 1.82) is 0 Å². The molecule has 6 nitrogen and oxygen atoms in total. The van der Waals surface area contributed by atoms with Gasteiger partial charge in [-0.25, -0.2) is 4.79 Å². The Morgan fingerprint density at radius 3 is 2.50 bits per heavy atom. The molecule has 0 unspecified atom stereocenters. The first kappa shape index (κ1) is 24.2. The van der Waals surface area contributed by atoms with Crippen LogP contribution in [-0.4, -0.2) is 53.6 Å². The van der Waals surface area contributed by atoms with Crippen molar-refractivity contribution < 1.29 is 19.5 Å². The highest BCUT2D eigenvalue weighted by atomic mass is 32.2. The second-order valence-corrected chi connectivity index (χ2v) is 9.58. The van der Waals surface area contributed by atoms with Gasteiger partial charge in [0.25, 0.3) is 5.91 Å². The zero-order chi connectivity index (χ0) is 22.9. The first-order valence-corrected chi connectivity index (χ1v) is 12.9. The lowest BCUT2D eigenvalue weighted by molar-refractivity contribution is -0.141. The third kappa shape index (κ3) is 6.29. The van der Waals surface area contributed by atoms with E-state index in [1.165, 1.54) is 12.0 Å². The van der Waals surface area contributed by atoms with Crippen molar-refractivity contribution in [1.82, 2.24) is 5.32 Å². The lowest BCUT2D eigenvalue weighted by atomic mass is 9.95. The summed E-state index contributed by atoms with van der Waals surface area (Å²) >= 11 is 3.53. The molecule has 1 atom stereocenters. The van der Waals surface area contributed by atoms with Gasteiger partial charge in [-0.3, -0.25) is 4.79 Å². The van der Waals surface area contributed by atoms with Gasteiger partial charge in [-0.05, 0) is 53.4 Å². The molecular formula is C24H28N2O4S2. The minimum Gasteiger partial charge on any atom is -0.480 e. The molecule has 0 spiro atoms. The zero-order valence-electron chi connectivity index (χ0n) is 18.2. The molecule has 1 fully saturated rings. The van der Waals surface area contributed by atoms with E-state index in [0.29, 0.717) is 0 Å². The molecule has 0 radical (unpaired) electrons. The van der Waals surface area contributed by atoms with Gasteiger partial charge in [0.05, 0.1) is 0 Å². The van der Waals surface area contributed by atoms with E-state index in [1.807, 2.05) is 54.4 Å². The summed E-state index contributed by atoms with van der Waals surface area (Å²) in [5.74, 6) is 0.346. The van der Waals surface area contributed by atoms with E-state index in [2.05, 4.69) is 22.6 Å². The van der Waals surface area contributed by atoms with Gasteiger partial charge in [0.1, 0.15) is 18.9 Å². The average Bonchev–Trinajstić information content (AvgIpc) is 2.83. The third-order valence-corrected chi connectivity index (χ3v) is 7.29. The third-order valence-electron chi connectivity index (χ3n) is 5.45. The maximum atomic E-state index is 12.9. The lowest BCUT2D eigenvalue weighted by Gasteiger charge is -2.23. The number of carboxylic acids is 1. The average molecular weight is 473 g/mol. The molecule has 32 heavy (non-hydrogen) atoms. The molecule has 2 aromatic rings. The monoisotopic (exact) mass is 472 g/mol. The highest BCUT2D eigenvalue weighted by Crippen LogP contribution is 2.30. The van der Waals surface area contributed by atoms with Gasteiger partial charge < -0.3 is 15.3 Å². The van der Waals surface area contributed by atoms with Gasteiger partial charge in [0.2, 0.25) is 0 Å². The van der Waals surface area contributed by atoms with Crippen molar-refractivity contribution in [3.63, 3.8) is 0 Å². The number of rotatable bonds is 9. The first-order chi connectivity index (χ1) is 15.5. The largest absolute Gasteiger partial charge is 0.480 e. The van der Waals surface area contributed by atoms with Crippen LogP contribution in [0.5, 0.6) is 0 Å². The van der Waals surface area contributed by atoms with Crippen LogP contribution < -0.4 is 5.32 Å². The predicted molar refractivity (Wildman–Crippen MR) is 131 cm³/mol. The van der Waals surface area contributed by atoms with E-state index in [4.69, 9.17) is 4.84 Å². The normalized spacial score (nSPS) is 15.8. The van der Waals surface area contributed by atoms with Gasteiger partial charge in [0.15, 0.2) is 0 Å². The number of benzene rings is 2.